The van der Waals surface area contributed by atoms with E-state index in [2.05, 4.69) is 19.7 Å². The summed E-state index contributed by atoms with van der Waals surface area (Å²) < 4.78 is 32.5. The lowest BCUT2D eigenvalue weighted by molar-refractivity contribution is -0.329. The average molecular weight is 459 g/mol. The number of carbonyl (C=O) groups is 3. The van der Waals surface area contributed by atoms with Crippen LogP contribution in [0, 0.1) is 0 Å². The molecule has 176 valence electrons. The summed E-state index contributed by atoms with van der Waals surface area (Å²) in [5.41, 5.74) is 0.0597. The minimum atomic E-state index is -2.86. The Morgan fingerprint density at radius 3 is 1.48 bits per heavy atom. The Morgan fingerprint density at radius 1 is 0.806 bits per heavy atom. The Labute approximate surface area is 185 Å². The summed E-state index contributed by atoms with van der Waals surface area (Å²) in [4.78, 5) is 36.7. The fourth-order valence-corrected chi connectivity index (χ4v) is 4.22. The van der Waals surface area contributed by atoms with E-state index in [1.54, 1.807) is 0 Å². The number of hydrogen-bond acceptors (Lipinski definition) is 9. The second kappa shape index (κ2) is 13.2. The molecule has 0 saturated carbocycles. The first-order chi connectivity index (χ1) is 14.4. The van der Waals surface area contributed by atoms with Gasteiger partial charge in [-0.15, -0.1) is 0 Å². The van der Waals surface area contributed by atoms with E-state index in [9.17, 15) is 14.4 Å². The molecule has 0 aliphatic rings. The van der Waals surface area contributed by atoms with Gasteiger partial charge in [-0.25, -0.2) is 14.4 Å². The molecule has 0 heterocycles. The molecular weight excluding hydrogens is 424 g/mol. The number of hydrogen-bond donors (Lipinski definition) is 0. The second-order valence-electron chi connectivity index (χ2n) is 6.99. The fourth-order valence-electron chi connectivity index (χ4n) is 2.20. The van der Waals surface area contributed by atoms with Crippen LogP contribution in [0.1, 0.15) is 47.0 Å². The van der Waals surface area contributed by atoms with Crippen molar-refractivity contribution >= 4 is 26.7 Å². The van der Waals surface area contributed by atoms with Crippen molar-refractivity contribution in [1.29, 1.82) is 0 Å². The fraction of sp³-hybridized carbons (Fsp3) is 0.571. The summed E-state index contributed by atoms with van der Waals surface area (Å²) in [6.45, 7) is 16.8. The van der Waals surface area contributed by atoms with Crippen molar-refractivity contribution < 1.29 is 41.9 Å². The molecule has 0 atom stereocenters. The Hall–Kier alpha value is -2.27. The smallest absolute Gasteiger partial charge is 0.385 e. The average Bonchev–Trinajstić information content (AvgIpc) is 2.69. The van der Waals surface area contributed by atoms with Crippen LogP contribution in [0.4, 0.5) is 0 Å². The van der Waals surface area contributed by atoms with E-state index in [1.165, 1.54) is 35.0 Å². The second-order valence-corrected chi connectivity index (χ2v) is 9.96. The first-order valence-electron chi connectivity index (χ1n) is 9.78. The number of esters is 3. The van der Waals surface area contributed by atoms with Crippen molar-refractivity contribution in [2.45, 2.75) is 59.0 Å². The Balaban J connectivity index is 5.72. The molecule has 0 spiro atoms. The van der Waals surface area contributed by atoms with Crippen molar-refractivity contribution in [3.05, 3.63) is 36.5 Å². The largest absolute Gasteiger partial charge is 0.500 e. The molecule has 31 heavy (non-hydrogen) atoms. The monoisotopic (exact) mass is 458 g/mol. The maximum absolute atomic E-state index is 12.2. The highest BCUT2D eigenvalue weighted by molar-refractivity contribution is 6.60. The van der Waals surface area contributed by atoms with Gasteiger partial charge in [0, 0.05) is 43.6 Å². The van der Waals surface area contributed by atoms with Gasteiger partial charge in [0.2, 0.25) is 0 Å². The lowest BCUT2D eigenvalue weighted by Gasteiger charge is -2.32. The van der Waals surface area contributed by atoms with Gasteiger partial charge in [0.15, 0.2) is 0 Å². The molecule has 0 aliphatic carbocycles. The molecule has 0 unspecified atom stereocenters. The minimum absolute atomic E-state index is 0.0199. The van der Waals surface area contributed by atoms with Gasteiger partial charge in [-0.3, -0.25) is 0 Å². The first kappa shape index (κ1) is 28.7. The summed E-state index contributed by atoms with van der Waals surface area (Å²) in [6, 6.07) is 0.602. The quantitative estimate of drug-likeness (QED) is 0.120. The predicted molar refractivity (Wildman–Crippen MR) is 116 cm³/mol. The molecule has 0 rings (SSSR count). The molecule has 9 nitrogen and oxygen atoms in total. The highest BCUT2D eigenvalue weighted by atomic mass is 28.4. The Morgan fingerprint density at radius 2 is 1.19 bits per heavy atom. The molecule has 10 heteroatoms. The zero-order valence-corrected chi connectivity index (χ0v) is 20.3. The summed E-state index contributed by atoms with van der Waals surface area (Å²) >= 11 is 0. The van der Waals surface area contributed by atoms with Crippen LogP contribution in [-0.4, -0.2) is 53.5 Å². The van der Waals surface area contributed by atoms with Crippen molar-refractivity contribution in [2.24, 2.45) is 0 Å². The molecule has 0 amide bonds. The van der Waals surface area contributed by atoms with E-state index in [4.69, 9.17) is 27.5 Å². The number of ether oxygens (including phenoxy) is 3. The van der Waals surface area contributed by atoms with Crippen molar-refractivity contribution in [3.63, 3.8) is 0 Å². The van der Waals surface area contributed by atoms with Gasteiger partial charge in [0.1, 0.15) is 0 Å². The van der Waals surface area contributed by atoms with Crippen LogP contribution in [0.2, 0.25) is 6.04 Å². The van der Waals surface area contributed by atoms with Gasteiger partial charge in [-0.1, -0.05) is 33.1 Å². The third-order valence-corrected chi connectivity index (χ3v) is 6.92. The summed E-state index contributed by atoms with van der Waals surface area (Å²) in [7, 11) is 0.160. The topological polar surface area (TPSA) is 107 Å². The summed E-state index contributed by atoms with van der Waals surface area (Å²) in [6.07, 6.45) is 0.746. The van der Waals surface area contributed by atoms with Crippen LogP contribution in [-0.2, 0) is 41.9 Å². The van der Waals surface area contributed by atoms with Crippen molar-refractivity contribution in [2.75, 3.05) is 20.8 Å². The summed E-state index contributed by atoms with van der Waals surface area (Å²) in [5, 5.41) is 0. The van der Waals surface area contributed by atoms with E-state index in [-0.39, 0.29) is 36.2 Å². The van der Waals surface area contributed by atoms with Gasteiger partial charge >= 0.3 is 32.7 Å². The molecular formula is C21H34O9Si. The van der Waals surface area contributed by atoms with Crippen LogP contribution in [0.25, 0.3) is 0 Å². The standard InChI is InChI=1S/C21H34O9Si/c1-10-14-31(25-8,26-9)27-13-11-12-21(28-18(22)15(2)3,29-19(23)16(4)5)30-20(24)17(6)7/h2,4,6,10-14H2,1,3,5,7-9H3. The van der Waals surface area contributed by atoms with Gasteiger partial charge in [-0.05, 0) is 27.2 Å². The van der Waals surface area contributed by atoms with Gasteiger partial charge < -0.3 is 27.5 Å². The van der Waals surface area contributed by atoms with Crippen LogP contribution in [0.15, 0.2) is 36.5 Å². The van der Waals surface area contributed by atoms with Gasteiger partial charge in [0.05, 0.1) is 6.42 Å². The van der Waals surface area contributed by atoms with E-state index in [0.717, 1.165) is 6.42 Å². The zero-order valence-electron chi connectivity index (χ0n) is 19.3. The SMILES string of the molecule is C=C(C)C(=O)OC(CCCO[Si](CCC)(OC)OC)(OC(=O)C(=C)C)OC(=O)C(=C)C. The highest BCUT2D eigenvalue weighted by Gasteiger charge is 2.44. The molecule has 0 radical (unpaired) electrons. The lowest BCUT2D eigenvalue weighted by Crippen LogP contribution is -2.46. The number of carbonyl (C=O) groups excluding carboxylic acids is 3. The number of rotatable bonds is 15. The summed E-state index contributed by atoms with van der Waals surface area (Å²) in [5.74, 6) is -5.07. The minimum Gasteiger partial charge on any atom is -0.385 e. The van der Waals surface area contributed by atoms with Crippen LogP contribution in [0.5, 0.6) is 0 Å². The Kier molecular flexibility index (Phi) is 12.2. The van der Waals surface area contributed by atoms with E-state index >= 15 is 0 Å². The molecule has 0 N–H and O–H groups in total. The highest BCUT2D eigenvalue weighted by Crippen LogP contribution is 2.27. The normalized spacial score (nSPS) is 11.4. The van der Waals surface area contributed by atoms with Crippen molar-refractivity contribution in [3.8, 4) is 0 Å². The Bertz CT molecular complexity index is 626. The first-order valence-corrected chi connectivity index (χ1v) is 11.7. The van der Waals surface area contributed by atoms with E-state index < -0.39 is 32.7 Å². The maximum atomic E-state index is 12.2. The third-order valence-electron chi connectivity index (χ3n) is 3.92. The van der Waals surface area contributed by atoms with Gasteiger partial charge in [0.25, 0.3) is 0 Å². The van der Waals surface area contributed by atoms with Crippen LogP contribution >= 0.6 is 0 Å². The molecule has 0 aliphatic heterocycles. The lowest BCUT2D eigenvalue weighted by atomic mass is 10.2. The molecule has 0 fully saturated rings. The maximum Gasteiger partial charge on any atom is 0.500 e. The zero-order chi connectivity index (χ0) is 24.2. The van der Waals surface area contributed by atoms with E-state index in [0.29, 0.717) is 6.04 Å². The predicted octanol–water partition coefficient (Wildman–Crippen LogP) is 3.44. The molecule has 0 aromatic carbocycles. The van der Waals surface area contributed by atoms with Crippen LogP contribution < -0.4 is 0 Å². The molecule has 0 saturated heterocycles. The van der Waals surface area contributed by atoms with Crippen LogP contribution in [0.3, 0.4) is 0 Å². The van der Waals surface area contributed by atoms with Crippen molar-refractivity contribution in [1.82, 2.24) is 0 Å². The van der Waals surface area contributed by atoms with E-state index in [1.807, 2.05) is 6.92 Å². The molecule has 0 aromatic rings. The molecule has 0 aromatic heterocycles. The molecule has 0 bridgehead atoms. The van der Waals surface area contributed by atoms with Gasteiger partial charge in [-0.2, -0.15) is 0 Å². The third kappa shape index (κ3) is 9.60.